The van der Waals surface area contributed by atoms with Gasteiger partial charge >= 0.3 is 0 Å². The van der Waals surface area contributed by atoms with Crippen LogP contribution in [-0.2, 0) is 0 Å². The molecule has 4 nitrogen and oxygen atoms in total. The molecule has 0 atom stereocenters. The molecule has 0 fully saturated rings. The van der Waals surface area contributed by atoms with Crippen LogP contribution in [0.3, 0.4) is 0 Å². The van der Waals surface area contributed by atoms with Crippen LogP contribution < -0.4 is 16.4 Å². The summed E-state index contributed by atoms with van der Waals surface area (Å²) in [6.07, 6.45) is 0. The number of thiocarbonyl (C=S) groups is 1. The molecule has 0 saturated heterocycles. The first-order valence-corrected chi connectivity index (χ1v) is 4.43. The lowest BCUT2D eigenvalue weighted by atomic mass is 10.2. The molecule has 0 amide bonds. The van der Waals surface area contributed by atoms with Crippen molar-refractivity contribution in [2.24, 2.45) is 11.5 Å². The summed E-state index contributed by atoms with van der Waals surface area (Å²) >= 11 is 4.80. The quantitative estimate of drug-likeness (QED) is 0.364. The monoisotopic (exact) mass is 208 g/mol. The zero-order valence-electron chi connectivity index (χ0n) is 7.82. The number of aryl methyl sites for hydroxylation is 1. The van der Waals surface area contributed by atoms with E-state index in [9.17, 15) is 0 Å². The average molecular weight is 208 g/mol. The first kappa shape index (κ1) is 10.5. The highest BCUT2D eigenvalue weighted by molar-refractivity contribution is 7.80. The van der Waals surface area contributed by atoms with Crippen LogP contribution in [0.25, 0.3) is 0 Å². The van der Waals surface area contributed by atoms with E-state index in [0.29, 0.717) is 5.69 Å². The van der Waals surface area contributed by atoms with Gasteiger partial charge in [-0.15, -0.1) is 0 Å². The van der Waals surface area contributed by atoms with E-state index < -0.39 is 0 Å². The van der Waals surface area contributed by atoms with E-state index in [1.807, 2.05) is 25.1 Å². The maximum absolute atomic E-state index is 7.33. The first-order chi connectivity index (χ1) is 6.52. The molecular weight excluding hydrogens is 196 g/mol. The Kier molecular flexibility index (Phi) is 3.03. The number of hydrogen-bond donors (Lipinski definition) is 3. The fourth-order valence-corrected chi connectivity index (χ4v) is 1.36. The number of nitrogens with one attached hydrogen (secondary N) is 1. The Bertz CT molecular complexity index is 361. The van der Waals surface area contributed by atoms with E-state index >= 15 is 0 Å². The van der Waals surface area contributed by atoms with Gasteiger partial charge in [-0.05, 0) is 36.8 Å². The Morgan fingerprint density at radius 3 is 2.50 bits per heavy atom. The van der Waals surface area contributed by atoms with Crippen LogP contribution >= 0.6 is 12.2 Å². The van der Waals surface area contributed by atoms with Crippen molar-refractivity contribution in [3.8, 4) is 0 Å². The summed E-state index contributed by atoms with van der Waals surface area (Å²) in [5.74, 6) is -0.178. The maximum Gasteiger partial charge on any atom is 0.199 e. The Hall–Kier alpha value is -1.62. The highest BCUT2D eigenvalue weighted by Gasteiger charge is 2.11. The number of guanidine groups is 1. The molecule has 1 aromatic carbocycles. The van der Waals surface area contributed by atoms with E-state index in [-0.39, 0.29) is 11.1 Å². The highest BCUT2D eigenvalue weighted by Crippen LogP contribution is 2.14. The van der Waals surface area contributed by atoms with Gasteiger partial charge in [-0.1, -0.05) is 12.1 Å². The molecule has 0 bridgehead atoms. The van der Waals surface area contributed by atoms with Gasteiger partial charge in [-0.25, -0.2) is 0 Å². The minimum atomic E-state index is -0.178. The molecule has 0 aliphatic heterocycles. The minimum Gasteiger partial charge on any atom is -0.376 e. The van der Waals surface area contributed by atoms with Gasteiger partial charge in [0.25, 0.3) is 0 Å². The first-order valence-electron chi connectivity index (χ1n) is 4.02. The van der Waals surface area contributed by atoms with E-state index in [1.54, 1.807) is 6.07 Å². The van der Waals surface area contributed by atoms with E-state index in [1.165, 1.54) is 4.90 Å². The topological polar surface area (TPSA) is 79.1 Å². The Labute approximate surface area is 88.0 Å². The second-order valence-corrected chi connectivity index (χ2v) is 3.32. The summed E-state index contributed by atoms with van der Waals surface area (Å²) in [6, 6.07) is 7.47. The number of rotatable bonds is 1. The smallest absolute Gasteiger partial charge is 0.199 e. The molecule has 0 radical (unpaired) electrons. The molecule has 5 N–H and O–H groups in total. The van der Waals surface area contributed by atoms with Crippen molar-refractivity contribution < 1.29 is 0 Å². The summed E-state index contributed by atoms with van der Waals surface area (Å²) in [5.41, 5.74) is 12.6. The van der Waals surface area contributed by atoms with Gasteiger partial charge in [-0.2, -0.15) is 0 Å². The molecule has 0 aromatic heterocycles. The van der Waals surface area contributed by atoms with Crippen molar-refractivity contribution in [2.75, 3.05) is 4.90 Å². The van der Waals surface area contributed by atoms with E-state index in [0.717, 1.165) is 5.56 Å². The SMILES string of the molecule is Cc1cccc(N(C(=N)N)C(N)=S)c1. The molecule has 0 saturated carbocycles. The van der Waals surface area contributed by atoms with Gasteiger partial charge in [0, 0.05) is 0 Å². The molecule has 5 heteroatoms. The summed E-state index contributed by atoms with van der Waals surface area (Å²) < 4.78 is 0. The fourth-order valence-electron chi connectivity index (χ4n) is 1.15. The third kappa shape index (κ3) is 2.20. The molecule has 0 spiro atoms. The molecule has 14 heavy (non-hydrogen) atoms. The van der Waals surface area contributed by atoms with Gasteiger partial charge in [0.15, 0.2) is 11.1 Å². The van der Waals surface area contributed by atoms with Crippen LogP contribution in [0.1, 0.15) is 5.56 Å². The molecule has 0 aliphatic carbocycles. The minimum absolute atomic E-state index is 0.0723. The maximum atomic E-state index is 7.33. The molecule has 0 heterocycles. The van der Waals surface area contributed by atoms with Gasteiger partial charge in [0.1, 0.15) is 0 Å². The second kappa shape index (κ2) is 4.06. The van der Waals surface area contributed by atoms with Crippen molar-refractivity contribution in [1.82, 2.24) is 0 Å². The zero-order valence-corrected chi connectivity index (χ0v) is 8.64. The Balaban J connectivity index is 3.12. The predicted molar refractivity (Wildman–Crippen MR) is 62.4 cm³/mol. The van der Waals surface area contributed by atoms with Gasteiger partial charge in [0.2, 0.25) is 0 Å². The standard InChI is InChI=1S/C9H12N4S/c1-6-3-2-4-7(5-6)13(8(10)11)9(12)14/h2-5H,1H3,(H3,10,11)(H2,12,14). The third-order valence-electron chi connectivity index (χ3n) is 1.72. The van der Waals surface area contributed by atoms with Crippen LogP contribution in [0.4, 0.5) is 5.69 Å². The van der Waals surface area contributed by atoms with Crippen molar-refractivity contribution in [3.63, 3.8) is 0 Å². The van der Waals surface area contributed by atoms with E-state index in [2.05, 4.69) is 0 Å². The Morgan fingerprint density at radius 2 is 2.07 bits per heavy atom. The van der Waals surface area contributed by atoms with Crippen molar-refractivity contribution in [2.45, 2.75) is 6.92 Å². The largest absolute Gasteiger partial charge is 0.376 e. The normalized spacial score (nSPS) is 9.50. The number of hydrogen-bond acceptors (Lipinski definition) is 2. The van der Waals surface area contributed by atoms with Crippen molar-refractivity contribution >= 4 is 29.0 Å². The van der Waals surface area contributed by atoms with Gasteiger partial charge in [0.05, 0.1) is 5.69 Å². The fraction of sp³-hybridized carbons (Fsp3) is 0.111. The highest BCUT2D eigenvalue weighted by atomic mass is 32.1. The lowest BCUT2D eigenvalue weighted by Crippen LogP contribution is -2.44. The average Bonchev–Trinajstić information content (AvgIpc) is 2.02. The van der Waals surface area contributed by atoms with Crippen LogP contribution in [-0.4, -0.2) is 11.1 Å². The van der Waals surface area contributed by atoms with Crippen LogP contribution in [0.15, 0.2) is 24.3 Å². The molecule has 0 aliphatic rings. The Morgan fingerprint density at radius 1 is 1.43 bits per heavy atom. The number of nitrogens with zero attached hydrogens (tertiary/aromatic N) is 1. The summed E-state index contributed by atoms with van der Waals surface area (Å²) in [6.45, 7) is 1.95. The zero-order chi connectivity index (χ0) is 10.7. The number of benzene rings is 1. The molecular formula is C9H12N4S. The summed E-state index contributed by atoms with van der Waals surface area (Å²) in [7, 11) is 0. The van der Waals surface area contributed by atoms with Crippen molar-refractivity contribution in [3.05, 3.63) is 29.8 Å². The van der Waals surface area contributed by atoms with E-state index in [4.69, 9.17) is 29.1 Å². The molecule has 1 aromatic rings. The molecule has 1 rings (SSSR count). The lowest BCUT2D eigenvalue weighted by Gasteiger charge is -2.20. The van der Waals surface area contributed by atoms with Gasteiger partial charge < -0.3 is 11.5 Å². The van der Waals surface area contributed by atoms with Crippen molar-refractivity contribution in [1.29, 1.82) is 5.41 Å². The van der Waals surface area contributed by atoms with Gasteiger partial charge in [-0.3, -0.25) is 10.3 Å². The summed E-state index contributed by atoms with van der Waals surface area (Å²) in [4.78, 5) is 1.31. The third-order valence-corrected chi connectivity index (χ3v) is 1.90. The predicted octanol–water partition coefficient (Wildman–Crippen LogP) is 0.938. The molecule has 0 unspecified atom stereocenters. The van der Waals surface area contributed by atoms with Crippen LogP contribution in [0.5, 0.6) is 0 Å². The second-order valence-electron chi connectivity index (χ2n) is 2.90. The number of anilines is 1. The number of nitrogens with two attached hydrogens (primary N) is 2. The summed E-state index contributed by atoms with van der Waals surface area (Å²) in [5, 5.41) is 7.40. The van der Waals surface area contributed by atoms with Crippen LogP contribution in [0.2, 0.25) is 0 Å². The van der Waals surface area contributed by atoms with Crippen LogP contribution in [0, 0.1) is 12.3 Å². The molecule has 74 valence electrons. The lowest BCUT2D eigenvalue weighted by molar-refractivity contribution is 1.29.